The van der Waals surface area contributed by atoms with Crippen molar-refractivity contribution in [3.63, 3.8) is 0 Å². The van der Waals surface area contributed by atoms with E-state index >= 15 is 0 Å². The van der Waals surface area contributed by atoms with Crippen molar-refractivity contribution >= 4 is 27.3 Å². The third-order valence-electron chi connectivity index (χ3n) is 2.03. The molecule has 0 amide bonds. The van der Waals surface area contributed by atoms with Crippen molar-refractivity contribution in [2.45, 2.75) is 12.5 Å². The number of hydrogen-bond donors (Lipinski definition) is 1. The fraction of sp³-hybridized carbons (Fsp3) is 0.333. The van der Waals surface area contributed by atoms with Crippen LogP contribution in [-0.2, 0) is 13.5 Å². The molecule has 2 heterocycles. The van der Waals surface area contributed by atoms with Gasteiger partial charge in [0.2, 0.25) is 0 Å². The minimum Gasteiger partial charge on any atom is -0.388 e. The van der Waals surface area contributed by atoms with Gasteiger partial charge in [0.05, 0.1) is 15.6 Å². The summed E-state index contributed by atoms with van der Waals surface area (Å²) in [5.41, 5.74) is 1.71. The minimum atomic E-state index is -0.510. The Morgan fingerprint density at radius 3 is 3.00 bits per heavy atom. The van der Waals surface area contributed by atoms with Crippen molar-refractivity contribution in [2.24, 2.45) is 7.05 Å². The standard InChI is InChI=1S/C9H10BrN3OS/c1-13-4-7(11-12-13)3-8(14)6-2-9(10)15-5-6/h2,4-5,8,14H,3H2,1H3. The van der Waals surface area contributed by atoms with E-state index in [0.29, 0.717) is 6.42 Å². The first-order valence-corrected chi connectivity index (χ1v) is 6.09. The Kier molecular flexibility index (Phi) is 3.18. The molecular formula is C9H10BrN3OS. The number of aromatic nitrogens is 3. The second kappa shape index (κ2) is 4.42. The van der Waals surface area contributed by atoms with Gasteiger partial charge in [-0.2, -0.15) is 0 Å². The summed E-state index contributed by atoms with van der Waals surface area (Å²) in [4.78, 5) is 0. The molecule has 0 aliphatic carbocycles. The van der Waals surface area contributed by atoms with Crippen molar-refractivity contribution in [1.82, 2.24) is 15.0 Å². The molecule has 80 valence electrons. The van der Waals surface area contributed by atoms with E-state index in [2.05, 4.69) is 26.2 Å². The lowest BCUT2D eigenvalue weighted by Crippen LogP contribution is -2.00. The summed E-state index contributed by atoms with van der Waals surface area (Å²) in [6, 6.07) is 1.92. The van der Waals surface area contributed by atoms with Gasteiger partial charge in [0.15, 0.2) is 0 Å². The largest absolute Gasteiger partial charge is 0.388 e. The van der Waals surface area contributed by atoms with Crippen LogP contribution in [0.3, 0.4) is 0 Å². The van der Waals surface area contributed by atoms with Crippen molar-refractivity contribution in [2.75, 3.05) is 0 Å². The molecule has 0 saturated carbocycles. The molecule has 0 saturated heterocycles. The van der Waals surface area contributed by atoms with Crippen LogP contribution in [0.15, 0.2) is 21.4 Å². The SMILES string of the molecule is Cn1cc(CC(O)c2csc(Br)c2)nn1. The van der Waals surface area contributed by atoms with Crippen LogP contribution in [0.1, 0.15) is 17.4 Å². The van der Waals surface area contributed by atoms with Gasteiger partial charge in [0, 0.05) is 19.7 Å². The van der Waals surface area contributed by atoms with Gasteiger partial charge < -0.3 is 5.11 Å². The first kappa shape index (κ1) is 10.8. The van der Waals surface area contributed by atoms with Crippen LogP contribution in [0.25, 0.3) is 0 Å². The first-order chi connectivity index (χ1) is 7.15. The van der Waals surface area contributed by atoms with E-state index in [1.807, 2.05) is 24.7 Å². The van der Waals surface area contributed by atoms with E-state index in [-0.39, 0.29) is 0 Å². The van der Waals surface area contributed by atoms with Crippen LogP contribution in [0.5, 0.6) is 0 Å². The predicted molar refractivity (Wildman–Crippen MR) is 61.7 cm³/mol. The van der Waals surface area contributed by atoms with Crippen LogP contribution in [0, 0.1) is 0 Å². The summed E-state index contributed by atoms with van der Waals surface area (Å²) in [5.74, 6) is 0. The zero-order chi connectivity index (χ0) is 10.8. The highest BCUT2D eigenvalue weighted by Crippen LogP contribution is 2.26. The van der Waals surface area contributed by atoms with Gasteiger partial charge in [-0.15, -0.1) is 16.4 Å². The Bertz CT molecular complexity index is 454. The van der Waals surface area contributed by atoms with Crippen LogP contribution in [0.2, 0.25) is 0 Å². The number of rotatable bonds is 3. The lowest BCUT2D eigenvalue weighted by Gasteiger charge is -2.05. The quantitative estimate of drug-likeness (QED) is 0.938. The van der Waals surface area contributed by atoms with Crippen LogP contribution >= 0.6 is 27.3 Å². The molecule has 0 aliphatic rings. The van der Waals surface area contributed by atoms with E-state index in [1.165, 1.54) is 0 Å². The van der Waals surface area contributed by atoms with Gasteiger partial charge in [0.25, 0.3) is 0 Å². The third kappa shape index (κ3) is 2.64. The fourth-order valence-electron chi connectivity index (χ4n) is 1.30. The normalized spacial score (nSPS) is 13.0. The predicted octanol–water partition coefficient (Wildman–Crippen LogP) is 1.92. The maximum Gasteiger partial charge on any atom is 0.0856 e. The number of hydrogen-bond acceptors (Lipinski definition) is 4. The molecule has 0 bridgehead atoms. The second-order valence-corrected chi connectivity index (χ2v) is 5.58. The Morgan fingerprint density at radius 1 is 1.67 bits per heavy atom. The van der Waals surface area contributed by atoms with Crippen molar-refractivity contribution in [3.05, 3.63) is 32.7 Å². The summed E-state index contributed by atoms with van der Waals surface area (Å²) >= 11 is 4.93. The van der Waals surface area contributed by atoms with E-state index in [1.54, 1.807) is 16.0 Å². The Morgan fingerprint density at radius 2 is 2.47 bits per heavy atom. The maximum absolute atomic E-state index is 9.91. The molecule has 1 atom stereocenters. The molecular weight excluding hydrogens is 278 g/mol. The van der Waals surface area contributed by atoms with Crippen LogP contribution in [-0.4, -0.2) is 20.1 Å². The summed E-state index contributed by atoms with van der Waals surface area (Å²) in [5, 5.41) is 19.6. The van der Waals surface area contributed by atoms with E-state index < -0.39 is 6.10 Å². The molecule has 15 heavy (non-hydrogen) atoms. The van der Waals surface area contributed by atoms with E-state index in [4.69, 9.17) is 0 Å². The van der Waals surface area contributed by atoms with Crippen molar-refractivity contribution in [3.8, 4) is 0 Å². The lowest BCUT2D eigenvalue weighted by atomic mass is 10.1. The zero-order valence-electron chi connectivity index (χ0n) is 8.09. The topological polar surface area (TPSA) is 50.9 Å². The Labute approximate surface area is 99.7 Å². The van der Waals surface area contributed by atoms with Gasteiger partial charge in [0.1, 0.15) is 0 Å². The highest BCUT2D eigenvalue weighted by molar-refractivity contribution is 9.11. The van der Waals surface area contributed by atoms with Gasteiger partial charge in [-0.3, -0.25) is 4.68 Å². The van der Waals surface area contributed by atoms with E-state index in [0.717, 1.165) is 15.0 Å². The summed E-state index contributed by atoms with van der Waals surface area (Å²) in [6.07, 6.45) is 1.80. The molecule has 2 aromatic rings. The molecule has 2 rings (SSSR count). The maximum atomic E-state index is 9.91. The minimum absolute atomic E-state index is 0.497. The molecule has 6 heteroatoms. The zero-order valence-corrected chi connectivity index (χ0v) is 10.5. The number of aliphatic hydroxyl groups is 1. The molecule has 0 aromatic carbocycles. The van der Waals surface area contributed by atoms with Gasteiger partial charge in [-0.1, -0.05) is 5.21 Å². The molecule has 0 spiro atoms. The molecule has 2 aromatic heterocycles. The smallest absolute Gasteiger partial charge is 0.0856 e. The average molecular weight is 288 g/mol. The number of halogens is 1. The van der Waals surface area contributed by atoms with Crippen molar-refractivity contribution in [1.29, 1.82) is 0 Å². The number of aliphatic hydroxyl groups excluding tert-OH is 1. The van der Waals surface area contributed by atoms with Crippen molar-refractivity contribution < 1.29 is 5.11 Å². The highest BCUT2D eigenvalue weighted by atomic mass is 79.9. The molecule has 0 radical (unpaired) electrons. The van der Waals surface area contributed by atoms with Gasteiger partial charge >= 0.3 is 0 Å². The van der Waals surface area contributed by atoms with E-state index in [9.17, 15) is 5.11 Å². The molecule has 0 aliphatic heterocycles. The Balaban J connectivity index is 2.06. The average Bonchev–Trinajstić information content (AvgIpc) is 2.75. The first-order valence-electron chi connectivity index (χ1n) is 4.42. The highest BCUT2D eigenvalue weighted by Gasteiger charge is 2.12. The summed E-state index contributed by atoms with van der Waals surface area (Å²) in [6.45, 7) is 0. The number of thiophene rings is 1. The monoisotopic (exact) mass is 287 g/mol. The Hall–Kier alpha value is -0.720. The van der Waals surface area contributed by atoms with Gasteiger partial charge in [-0.25, -0.2) is 0 Å². The second-order valence-electron chi connectivity index (χ2n) is 3.29. The number of aryl methyl sites for hydroxylation is 1. The van der Waals surface area contributed by atoms with Gasteiger partial charge in [-0.05, 0) is 32.9 Å². The fourth-order valence-corrected chi connectivity index (χ4v) is 2.53. The van der Waals surface area contributed by atoms with Crippen LogP contribution in [0.4, 0.5) is 0 Å². The summed E-state index contributed by atoms with van der Waals surface area (Å²) in [7, 11) is 1.81. The molecule has 1 N–H and O–H groups in total. The summed E-state index contributed by atoms with van der Waals surface area (Å²) < 4.78 is 2.65. The van der Waals surface area contributed by atoms with Crippen LogP contribution < -0.4 is 0 Å². The molecule has 0 fully saturated rings. The number of nitrogens with zero attached hydrogens (tertiary/aromatic N) is 3. The molecule has 1 unspecified atom stereocenters. The third-order valence-corrected chi connectivity index (χ3v) is 3.55. The molecule has 4 nitrogen and oxygen atoms in total. The lowest BCUT2D eigenvalue weighted by molar-refractivity contribution is 0.177.